The molecule has 2 rings (SSSR count). The first kappa shape index (κ1) is 7.77. The van der Waals surface area contributed by atoms with Crippen molar-refractivity contribution in [2.75, 3.05) is 7.05 Å². The molecular formula is C10H13NO. The van der Waals surface area contributed by atoms with Gasteiger partial charge in [0.2, 0.25) is 0 Å². The smallest absolute Gasteiger partial charge is 0.0725 e. The van der Waals surface area contributed by atoms with Gasteiger partial charge in [-0.1, -0.05) is 18.2 Å². The van der Waals surface area contributed by atoms with Gasteiger partial charge < -0.3 is 10.1 Å². The van der Waals surface area contributed by atoms with Crippen LogP contribution in [-0.4, -0.2) is 7.05 Å². The van der Waals surface area contributed by atoms with E-state index in [0.717, 1.165) is 19.8 Å². The van der Waals surface area contributed by atoms with Crippen LogP contribution >= 0.6 is 0 Å². The maximum absolute atomic E-state index is 5.33. The zero-order valence-corrected chi connectivity index (χ0v) is 7.26. The molecule has 0 spiro atoms. The summed E-state index contributed by atoms with van der Waals surface area (Å²) in [5, 5.41) is 3.13. The summed E-state index contributed by atoms with van der Waals surface area (Å²) in [5.74, 6) is 0. The van der Waals surface area contributed by atoms with Crippen molar-refractivity contribution in [2.24, 2.45) is 0 Å². The highest BCUT2D eigenvalue weighted by Crippen LogP contribution is 2.20. The van der Waals surface area contributed by atoms with Gasteiger partial charge in [0.25, 0.3) is 0 Å². The maximum atomic E-state index is 5.33. The van der Waals surface area contributed by atoms with Crippen LogP contribution in [0.1, 0.15) is 16.7 Å². The molecule has 0 saturated carbocycles. The van der Waals surface area contributed by atoms with Gasteiger partial charge in [-0.3, -0.25) is 0 Å². The molecule has 1 aromatic rings. The Morgan fingerprint density at radius 3 is 3.00 bits per heavy atom. The lowest BCUT2D eigenvalue weighted by atomic mass is 10.1. The molecule has 2 heteroatoms. The van der Waals surface area contributed by atoms with Crippen LogP contribution in [0.5, 0.6) is 0 Å². The summed E-state index contributed by atoms with van der Waals surface area (Å²) in [7, 11) is 1.96. The zero-order chi connectivity index (χ0) is 8.39. The molecular weight excluding hydrogens is 150 g/mol. The lowest BCUT2D eigenvalue weighted by Gasteiger charge is -2.02. The van der Waals surface area contributed by atoms with E-state index in [0.29, 0.717) is 0 Å². The number of nitrogens with one attached hydrogen (secondary N) is 1. The van der Waals surface area contributed by atoms with Crippen molar-refractivity contribution < 1.29 is 4.74 Å². The Morgan fingerprint density at radius 1 is 1.33 bits per heavy atom. The number of ether oxygens (including phenoxy) is 1. The average molecular weight is 163 g/mol. The number of fused-ring (bicyclic) bond motifs is 1. The van der Waals surface area contributed by atoms with Crippen LogP contribution < -0.4 is 5.32 Å². The molecule has 0 unspecified atom stereocenters. The lowest BCUT2D eigenvalue weighted by Crippen LogP contribution is -2.05. The molecule has 1 aliphatic rings. The van der Waals surface area contributed by atoms with Crippen LogP contribution in [0.25, 0.3) is 0 Å². The standard InChI is InChI=1S/C10H13NO/c1-11-5-8-2-3-9-6-12-7-10(9)4-8/h2-4,11H,5-7H2,1H3. The number of rotatable bonds is 2. The molecule has 0 bridgehead atoms. The fourth-order valence-corrected chi connectivity index (χ4v) is 1.54. The van der Waals surface area contributed by atoms with Gasteiger partial charge in [0.15, 0.2) is 0 Å². The van der Waals surface area contributed by atoms with Gasteiger partial charge in [0.05, 0.1) is 13.2 Å². The normalized spacial score (nSPS) is 14.8. The number of hydrogen-bond donors (Lipinski definition) is 1. The fourth-order valence-electron chi connectivity index (χ4n) is 1.54. The van der Waals surface area contributed by atoms with E-state index in [1.807, 2.05) is 7.05 Å². The van der Waals surface area contributed by atoms with Crippen LogP contribution in [0.3, 0.4) is 0 Å². The van der Waals surface area contributed by atoms with E-state index in [4.69, 9.17) is 4.74 Å². The summed E-state index contributed by atoms with van der Waals surface area (Å²) in [4.78, 5) is 0. The molecule has 0 atom stereocenters. The van der Waals surface area contributed by atoms with Crippen LogP contribution in [0.2, 0.25) is 0 Å². The monoisotopic (exact) mass is 163 g/mol. The van der Waals surface area contributed by atoms with Crippen LogP contribution in [0.4, 0.5) is 0 Å². The van der Waals surface area contributed by atoms with Gasteiger partial charge in [-0.15, -0.1) is 0 Å². The summed E-state index contributed by atoms with van der Waals surface area (Å²) in [6.07, 6.45) is 0. The highest BCUT2D eigenvalue weighted by molar-refractivity contribution is 5.33. The quantitative estimate of drug-likeness (QED) is 0.712. The molecule has 1 heterocycles. The predicted molar refractivity (Wildman–Crippen MR) is 47.7 cm³/mol. The van der Waals surface area contributed by atoms with Crippen molar-refractivity contribution in [2.45, 2.75) is 19.8 Å². The minimum absolute atomic E-state index is 0.785. The Hall–Kier alpha value is -0.860. The SMILES string of the molecule is CNCc1ccc2c(c1)COC2. The molecule has 0 radical (unpaired) electrons. The van der Waals surface area contributed by atoms with Gasteiger partial charge in [-0.05, 0) is 23.7 Å². The van der Waals surface area contributed by atoms with E-state index in [1.54, 1.807) is 0 Å². The van der Waals surface area contributed by atoms with Gasteiger partial charge >= 0.3 is 0 Å². The lowest BCUT2D eigenvalue weighted by molar-refractivity contribution is 0.134. The molecule has 12 heavy (non-hydrogen) atoms. The molecule has 1 aliphatic heterocycles. The maximum Gasteiger partial charge on any atom is 0.0725 e. The second-order valence-corrected chi connectivity index (χ2v) is 3.13. The highest BCUT2D eigenvalue weighted by Gasteiger charge is 2.10. The Kier molecular flexibility index (Phi) is 2.11. The van der Waals surface area contributed by atoms with E-state index in [2.05, 4.69) is 23.5 Å². The zero-order valence-electron chi connectivity index (χ0n) is 7.26. The topological polar surface area (TPSA) is 21.3 Å². The Balaban J connectivity index is 2.26. The Bertz CT molecular complexity index is 283. The molecule has 0 fully saturated rings. The summed E-state index contributed by atoms with van der Waals surface area (Å²) in [6.45, 7) is 2.51. The minimum Gasteiger partial charge on any atom is -0.372 e. The average Bonchev–Trinajstić information content (AvgIpc) is 2.51. The van der Waals surface area contributed by atoms with Crippen LogP contribution in [0, 0.1) is 0 Å². The second-order valence-electron chi connectivity index (χ2n) is 3.13. The Morgan fingerprint density at radius 2 is 2.17 bits per heavy atom. The second kappa shape index (κ2) is 3.25. The molecule has 0 aromatic heterocycles. The van der Waals surface area contributed by atoms with Gasteiger partial charge in [-0.25, -0.2) is 0 Å². The van der Waals surface area contributed by atoms with Crippen molar-refractivity contribution in [3.63, 3.8) is 0 Å². The van der Waals surface area contributed by atoms with Crippen molar-refractivity contribution in [3.05, 3.63) is 34.9 Å². The minimum atomic E-state index is 0.785. The van der Waals surface area contributed by atoms with Crippen LogP contribution in [-0.2, 0) is 24.5 Å². The number of hydrogen-bond acceptors (Lipinski definition) is 2. The van der Waals surface area contributed by atoms with Gasteiger partial charge in [0.1, 0.15) is 0 Å². The van der Waals surface area contributed by atoms with Gasteiger partial charge in [0, 0.05) is 6.54 Å². The summed E-state index contributed by atoms with van der Waals surface area (Å²) >= 11 is 0. The molecule has 64 valence electrons. The fraction of sp³-hybridized carbons (Fsp3) is 0.400. The third-order valence-corrected chi connectivity index (χ3v) is 2.17. The first-order valence-electron chi connectivity index (χ1n) is 4.23. The summed E-state index contributed by atoms with van der Waals surface area (Å²) in [5.41, 5.74) is 4.03. The van der Waals surface area contributed by atoms with Crippen molar-refractivity contribution >= 4 is 0 Å². The highest BCUT2D eigenvalue weighted by atomic mass is 16.5. The summed E-state index contributed by atoms with van der Waals surface area (Å²) in [6, 6.07) is 6.54. The van der Waals surface area contributed by atoms with E-state index < -0.39 is 0 Å². The summed E-state index contributed by atoms with van der Waals surface area (Å²) < 4.78 is 5.33. The molecule has 1 aromatic carbocycles. The number of benzene rings is 1. The van der Waals surface area contributed by atoms with Gasteiger partial charge in [-0.2, -0.15) is 0 Å². The van der Waals surface area contributed by atoms with Crippen molar-refractivity contribution in [3.8, 4) is 0 Å². The van der Waals surface area contributed by atoms with Crippen LogP contribution in [0.15, 0.2) is 18.2 Å². The molecule has 0 aliphatic carbocycles. The predicted octanol–water partition coefficient (Wildman–Crippen LogP) is 1.44. The van der Waals surface area contributed by atoms with E-state index in [-0.39, 0.29) is 0 Å². The first-order valence-corrected chi connectivity index (χ1v) is 4.23. The molecule has 2 nitrogen and oxygen atoms in total. The molecule has 1 N–H and O–H groups in total. The molecule has 0 saturated heterocycles. The third-order valence-electron chi connectivity index (χ3n) is 2.17. The first-order chi connectivity index (χ1) is 5.90. The van der Waals surface area contributed by atoms with E-state index in [9.17, 15) is 0 Å². The van der Waals surface area contributed by atoms with Crippen molar-refractivity contribution in [1.29, 1.82) is 0 Å². The molecule has 0 amide bonds. The van der Waals surface area contributed by atoms with E-state index in [1.165, 1.54) is 16.7 Å². The third kappa shape index (κ3) is 1.36. The Labute approximate surface area is 72.5 Å². The largest absolute Gasteiger partial charge is 0.372 e. The van der Waals surface area contributed by atoms with E-state index >= 15 is 0 Å². The van der Waals surface area contributed by atoms with Crippen molar-refractivity contribution in [1.82, 2.24) is 5.32 Å².